The Bertz CT molecular complexity index is 2580. The summed E-state index contributed by atoms with van der Waals surface area (Å²) in [4.78, 5) is 2.21. The number of aromatic nitrogens is 1. The maximum Gasteiger partial charge on any atom is 0.0547 e. The zero-order chi connectivity index (χ0) is 32.7. The number of anilines is 2. The first-order chi connectivity index (χ1) is 24.2. The van der Waals surface area contributed by atoms with E-state index in [1.807, 2.05) is 0 Å². The van der Waals surface area contributed by atoms with E-state index in [1.54, 1.807) is 0 Å². The van der Waals surface area contributed by atoms with Crippen molar-refractivity contribution in [2.24, 2.45) is 0 Å². The molecule has 9 rings (SSSR count). The summed E-state index contributed by atoms with van der Waals surface area (Å²) in [6.07, 6.45) is 0. The Morgan fingerprint density at radius 3 is 1.73 bits per heavy atom. The first-order valence-corrected chi connectivity index (χ1v) is 16.8. The molecule has 0 amide bonds. The molecular formula is C47H34N2. The van der Waals surface area contributed by atoms with Gasteiger partial charge in [-0.25, -0.2) is 0 Å². The van der Waals surface area contributed by atoms with Gasteiger partial charge in [-0.2, -0.15) is 0 Å². The molecular weight excluding hydrogens is 593 g/mol. The smallest absolute Gasteiger partial charge is 0.0547 e. The Morgan fingerprint density at radius 1 is 0.388 bits per heavy atom. The van der Waals surface area contributed by atoms with Crippen LogP contribution in [-0.2, 0) is 0 Å². The lowest BCUT2D eigenvalue weighted by Crippen LogP contribution is -2.08. The van der Waals surface area contributed by atoms with Gasteiger partial charge in [-0.1, -0.05) is 140 Å². The molecule has 0 unspecified atom stereocenters. The molecule has 0 spiro atoms. The molecule has 0 aliphatic rings. The topological polar surface area (TPSA) is 8.17 Å². The van der Waals surface area contributed by atoms with Crippen LogP contribution in [0.4, 0.5) is 11.4 Å². The molecule has 8 aromatic carbocycles. The minimum atomic E-state index is 1.16. The summed E-state index contributed by atoms with van der Waals surface area (Å²) < 4.78 is 2.44. The highest BCUT2D eigenvalue weighted by Crippen LogP contribution is 2.42. The number of para-hydroxylation sites is 1. The zero-order valence-electron chi connectivity index (χ0n) is 27.3. The van der Waals surface area contributed by atoms with Crippen molar-refractivity contribution in [3.8, 4) is 39.1 Å². The lowest BCUT2D eigenvalue weighted by atomic mass is 9.95. The molecule has 0 bridgehead atoms. The molecule has 0 saturated carbocycles. The van der Waals surface area contributed by atoms with E-state index >= 15 is 0 Å². The van der Waals surface area contributed by atoms with Crippen LogP contribution >= 0.6 is 0 Å². The average molecular weight is 627 g/mol. The van der Waals surface area contributed by atoms with Gasteiger partial charge in [0, 0.05) is 34.9 Å². The zero-order valence-corrected chi connectivity index (χ0v) is 27.3. The molecule has 2 nitrogen and oxygen atoms in total. The van der Waals surface area contributed by atoms with Gasteiger partial charge in [0.25, 0.3) is 0 Å². The van der Waals surface area contributed by atoms with Crippen LogP contribution in [0.1, 0.15) is 0 Å². The predicted octanol–water partition coefficient (Wildman–Crippen LogP) is 12.7. The molecule has 0 N–H and O–H groups in total. The van der Waals surface area contributed by atoms with E-state index in [9.17, 15) is 0 Å². The summed E-state index contributed by atoms with van der Waals surface area (Å²) in [7, 11) is 2.11. The summed E-state index contributed by atoms with van der Waals surface area (Å²) in [5.41, 5.74) is 13.2. The fourth-order valence-electron chi connectivity index (χ4n) is 7.32. The van der Waals surface area contributed by atoms with Crippen molar-refractivity contribution in [3.05, 3.63) is 188 Å². The maximum atomic E-state index is 2.44. The Labute approximate surface area is 286 Å². The second-order valence-electron chi connectivity index (χ2n) is 12.7. The number of nitrogens with zero attached hydrogens (tertiary/aromatic N) is 2. The van der Waals surface area contributed by atoms with E-state index in [0.717, 1.165) is 11.4 Å². The summed E-state index contributed by atoms with van der Waals surface area (Å²) in [5.74, 6) is 0. The largest absolute Gasteiger partial charge is 0.345 e. The second kappa shape index (κ2) is 12.0. The fraction of sp³-hybridized carbons (Fsp3) is 0.0213. The molecule has 232 valence electrons. The highest BCUT2D eigenvalue weighted by atomic mass is 15.1. The highest BCUT2D eigenvalue weighted by molar-refractivity contribution is 6.25. The van der Waals surface area contributed by atoms with Gasteiger partial charge in [0.05, 0.1) is 11.0 Å². The van der Waals surface area contributed by atoms with Crippen molar-refractivity contribution in [3.63, 3.8) is 0 Å². The van der Waals surface area contributed by atoms with Crippen LogP contribution in [0, 0.1) is 0 Å². The summed E-state index contributed by atoms with van der Waals surface area (Å²) in [5, 5.41) is 5.09. The number of rotatable bonds is 6. The normalized spacial score (nSPS) is 11.4. The molecule has 1 aromatic heterocycles. The Kier molecular flexibility index (Phi) is 7.06. The van der Waals surface area contributed by atoms with Gasteiger partial charge in [-0.3, -0.25) is 0 Å². The summed E-state index contributed by atoms with van der Waals surface area (Å²) in [6, 6.07) is 68.0. The van der Waals surface area contributed by atoms with Crippen LogP contribution in [0.25, 0.3) is 71.6 Å². The Balaban J connectivity index is 1.17. The van der Waals surface area contributed by atoms with Crippen molar-refractivity contribution in [1.29, 1.82) is 0 Å². The van der Waals surface area contributed by atoms with E-state index in [4.69, 9.17) is 0 Å². The third-order valence-corrected chi connectivity index (χ3v) is 9.82. The Hall–Kier alpha value is -6.38. The minimum absolute atomic E-state index is 1.16. The van der Waals surface area contributed by atoms with Crippen molar-refractivity contribution in [2.45, 2.75) is 0 Å². The lowest BCUT2D eigenvalue weighted by Gasteiger charge is -2.19. The quantitative estimate of drug-likeness (QED) is 0.178. The predicted molar refractivity (Wildman–Crippen MR) is 209 cm³/mol. The minimum Gasteiger partial charge on any atom is -0.345 e. The molecule has 49 heavy (non-hydrogen) atoms. The molecule has 0 fully saturated rings. The number of hydrogen-bond acceptors (Lipinski definition) is 1. The van der Waals surface area contributed by atoms with Crippen LogP contribution in [0.2, 0.25) is 0 Å². The van der Waals surface area contributed by atoms with Crippen molar-refractivity contribution >= 4 is 44.0 Å². The highest BCUT2D eigenvalue weighted by Gasteiger charge is 2.19. The number of benzene rings is 8. The third kappa shape index (κ3) is 5.06. The average Bonchev–Trinajstić information content (AvgIpc) is 3.54. The Morgan fingerprint density at radius 2 is 0.959 bits per heavy atom. The van der Waals surface area contributed by atoms with E-state index < -0.39 is 0 Å². The van der Waals surface area contributed by atoms with Gasteiger partial charge in [-0.15, -0.1) is 0 Å². The molecule has 9 aromatic rings. The molecule has 0 saturated heterocycles. The van der Waals surface area contributed by atoms with Gasteiger partial charge in [0.2, 0.25) is 0 Å². The second-order valence-corrected chi connectivity index (χ2v) is 12.7. The van der Waals surface area contributed by atoms with E-state index in [0.29, 0.717) is 0 Å². The van der Waals surface area contributed by atoms with Crippen LogP contribution in [0.5, 0.6) is 0 Å². The van der Waals surface area contributed by atoms with Crippen molar-refractivity contribution in [1.82, 2.24) is 4.57 Å². The van der Waals surface area contributed by atoms with Gasteiger partial charge in [-0.05, 0) is 92.7 Å². The van der Waals surface area contributed by atoms with Gasteiger partial charge < -0.3 is 9.47 Å². The van der Waals surface area contributed by atoms with E-state index in [-0.39, 0.29) is 0 Å². The van der Waals surface area contributed by atoms with Gasteiger partial charge in [0.1, 0.15) is 0 Å². The molecule has 0 aliphatic heterocycles. The van der Waals surface area contributed by atoms with Crippen molar-refractivity contribution < 1.29 is 0 Å². The number of fused-ring (bicyclic) bond motifs is 5. The van der Waals surface area contributed by atoms with Crippen LogP contribution < -0.4 is 4.90 Å². The van der Waals surface area contributed by atoms with E-state index in [2.05, 4.69) is 205 Å². The number of hydrogen-bond donors (Lipinski definition) is 0. The maximum absolute atomic E-state index is 2.44. The lowest BCUT2D eigenvalue weighted by molar-refractivity contribution is 1.18. The van der Waals surface area contributed by atoms with Crippen molar-refractivity contribution in [2.75, 3.05) is 11.9 Å². The third-order valence-electron chi connectivity index (χ3n) is 9.82. The summed E-state index contributed by atoms with van der Waals surface area (Å²) >= 11 is 0. The molecule has 0 radical (unpaired) electrons. The molecule has 0 aliphatic carbocycles. The van der Waals surface area contributed by atoms with E-state index in [1.165, 1.54) is 71.6 Å². The SMILES string of the molecule is CN(c1ccccc1)c1ccc(-c2ccc(-c3cccc4c3c3c5ccccc5ccc3n4-c3cccc(-c4ccccc4)c3)cc2)cc1. The van der Waals surface area contributed by atoms with Crippen LogP contribution in [0.3, 0.4) is 0 Å². The molecule has 0 atom stereocenters. The molecule has 2 heteroatoms. The van der Waals surface area contributed by atoms with Crippen LogP contribution in [-0.4, -0.2) is 11.6 Å². The van der Waals surface area contributed by atoms with Crippen LogP contribution in [0.15, 0.2) is 188 Å². The van der Waals surface area contributed by atoms with Gasteiger partial charge >= 0.3 is 0 Å². The standard InChI is InChI=1S/C47H34N2/c1-48(39-16-6-3-7-17-39)40-29-26-35(27-30-40)34-22-24-37(25-23-34)43-20-11-21-44-46(43)47-42-19-9-8-14-36(42)28-31-45(47)49(44)41-18-10-15-38(32-41)33-12-4-2-5-13-33/h2-32H,1H3. The molecule has 1 heterocycles. The van der Waals surface area contributed by atoms with Gasteiger partial charge in [0.15, 0.2) is 0 Å². The fourth-order valence-corrected chi connectivity index (χ4v) is 7.32. The first kappa shape index (κ1) is 28.8. The summed E-state index contributed by atoms with van der Waals surface area (Å²) in [6.45, 7) is 0. The monoisotopic (exact) mass is 626 g/mol. The first-order valence-electron chi connectivity index (χ1n) is 16.8.